The van der Waals surface area contributed by atoms with Gasteiger partial charge in [-0.2, -0.15) is 0 Å². The van der Waals surface area contributed by atoms with Crippen LogP contribution in [0.1, 0.15) is 32.0 Å². The molecule has 1 aromatic heterocycles. The molecule has 0 saturated carbocycles. The van der Waals surface area contributed by atoms with Crippen molar-refractivity contribution in [3.05, 3.63) is 47.8 Å². The third-order valence-corrected chi connectivity index (χ3v) is 4.42. The van der Waals surface area contributed by atoms with Gasteiger partial charge in [0, 0.05) is 39.1 Å². The molecular weight excluding hydrogens is 352 g/mol. The quantitative estimate of drug-likeness (QED) is 0.502. The van der Waals surface area contributed by atoms with Crippen LogP contribution in [0.25, 0.3) is 0 Å². The van der Waals surface area contributed by atoms with Crippen molar-refractivity contribution in [3.63, 3.8) is 0 Å². The molecule has 0 amide bonds. The molecule has 0 spiro atoms. The van der Waals surface area contributed by atoms with E-state index >= 15 is 0 Å². The minimum absolute atomic E-state index is 0.621. The molecule has 154 valence electrons. The van der Waals surface area contributed by atoms with Crippen LogP contribution in [0.5, 0.6) is 11.5 Å². The first-order valence-corrected chi connectivity index (χ1v) is 10.1. The van der Waals surface area contributed by atoms with Crippen molar-refractivity contribution in [3.8, 4) is 11.5 Å². The highest BCUT2D eigenvalue weighted by Gasteiger charge is 2.09. The zero-order valence-corrected chi connectivity index (χ0v) is 17.9. The summed E-state index contributed by atoms with van der Waals surface area (Å²) in [6, 6.07) is 10.3. The summed E-state index contributed by atoms with van der Waals surface area (Å²) in [5.41, 5.74) is 2.44. The normalized spacial score (nSPS) is 11.4. The maximum Gasteiger partial charge on any atom is 0.194 e. The molecule has 0 atom stereocenters. The van der Waals surface area contributed by atoms with E-state index in [2.05, 4.69) is 66.3 Å². The summed E-state index contributed by atoms with van der Waals surface area (Å²) in [5.74, 6) is 2.52. The molecule has 0 fully saturated rings. The number of nitrogens with zero attached hydrogens (tertiary/aromatic N) is 3. The summed E-state index contributed by atoms with van der Waals surface area (Å²) in [5, 5.41) is 3.38. The topological polar surface area (TPSA) is 51.0 Å². The van der Waals surface area contributed by atoms with Crippen LogP contribution in [0.2, 0.25) is 0 Å². The van der Waals surface area contributed by atoms with E-state index in [1.807, 2.05) is 19.9 Å². The van der Waals surface area contributed by atoms with Crippen molar-refractivity contribution in [2.45, 2.75) is 33.7 Å². The van der Waals surface area contributed by atoms with Crippen molar-refractivity contribution in [2.24, 2.45) is 12.0 Å². The van der Waals surface area contributed by atoms with Gasteiger partial charge in [0.2, 0.25) is 0 Å². The van der Waals surface area contributed by atoms with E-state index in [-0.39, 0.29) is 0 Å². The number of hydrogen-bond acceptors (Lipinski definition) is 3. The fourth-order valence-electron chi connectivity index (χ4n) is 2.99. The first kappa shape index (κ1) is 21.7. The standard InChI is InChI=1S/C22H34N4O2/c1-6-23-22(26(5)17-19-10-9-15-25(19)4)24-14-13-18-11-12-20(27-7-2)21(16-18)28-8-3/h9-12,15-16H,6-8,13-14,17H2,1-5H3,(H,23,24). The van der Waals surface area contributed by atoms with Gasteiger partial charge in [0.05, 0.1) is 19.8 Å². The predicted molar refractivity (Wildman–Crippen MR) is 115 cm³/mol. The lowest BCUT2D eigenvalue weighted by atomic mass is 10.1. The average molecular weight is 387 g/mol. The number of nitrogens with one attached hydrogen (secondary N) is 1. The van der Waals surface area contributed by atoms with Crippen LogP contribution in [0.4, 0.5) is 0 Å². The van der Waals surface area contributed by atoms with Gasteiger partial charge in [-0.1, -0.05) is 6.07 Å². The number of ether oxygens (including phenoxy) is 2. The van der Waals surface area contributed by atoms with Gasteiger partial charge in [-0.3, -0.25) is 4.99 Å². The largest absolute Gasteiger partial charge is 0.490 e. The van der Waals surface area contributed by atoms with Crippen LogP contribution >= 0.6 is 0 Å². The second-order valence-electron chi connectivity index (χ2n) is 6.60. The molecule has 2 aromatic rings. The van der Waals surface area contributed by atoms with E-state index < -0.39 is 0 Å². The molecule has 6 nitrogen and oxygen atoms in total. The Morgan fingerprint density at radius 2 is 1.86 bits per heavy atom. The summed E-state index contributed by atoms with van der Waals surface area (Å²) in [6.07, 6.45) is 2.91. The first-order chi connectivity index (χ1) is 13.6. The molecule has 0 saturated heterocycles. The van der Waals surface area contributed by atoms with Crippen LogP contribution in [0.3, 0.4) is 0 Å². The monoisotopic (exact) mass is 386 g/mol. The van der Waals surface area contributed by atoms with Crippen LogP contribution < -0.4 is 14.8 Å². The molecule has 1 heterocycles. The van der Waals surface area contributed by atoms with Gasteiger partial charge < -0.3 is 24.3 Å². The lowest BCUT2D eigenvalue weighted by Gasteiger charge is -2.22. The number of guanidine groups is 1. The Labute approximate surface area is 169 Å². The smallest absolute Gasteiger partial charge is 0.194 e. The van der Waals surface area contributed by atoms with E-state index in [1.165, 1.54) is 11.3 Å². The lowest BCUT2D eigenvalue weighted by molar-refractivity contribution is 0.287. The van der Waals surface area contributed by atoms with Gasteiger partial charge in [0.1, 0.15) is 0 Å². The van der Waals surface area contributed by atoms with Crippen molar-refractivity contribution in [1.29, 1.82) is 0 Å². The second-order valence-corrected chi connectivity index (χ2v) is 6.60. The maximum absolute atomic E-state index is 5.72. The molecule has 0 aliphatic carbocycles. The Morgan fingerprint density at radius 1 is 1.11 bits per heavy atom. The molecule has 6 heteroatoms. The van der Waals surface area contributed by atoms with Crippen molar-refractivity contribution < 1.29 is 9.47 Å². The number of rotatable bonds is 10. The number of aromatic nitrogens is 1. The number of aliphatic imine (C=N–C) groups is 1. The summed E-state index contributed by atoms with van der Waals surface area (Å²) >= 11 is 0. The highest BCUT2D eigenvalue weighted by Crippen LogP contribution is 2.28. The van der Waals surface area contributed by atoms with Gasteiger partial charge >= 0.3 is 0 Å². The molecule has 0 bridgehead atoms. The maximum atomic E-state index is 5.72. The summed E-state index contributed by atoms with van der Waals surface area (Å²) in [7, 11) is 4.13. The van der Waals surface area contributed by atoms with Crippen molar-refractivity contribution >= 4 is 5.96 Å². The van der Waals surface area contributed by atoms with E-state index in [0.29, 0.717) is 19.8 Å². The summed E-state index contributed by atoms with van der Waals surface area (Å²) in [6.45, 7) is 9.66. The third-order valence-electron chi connectivity index (χ3n) is 4.42. The first-order valence-electron chi connectivity index (χ1n) is 10.1. The Morgan fingerprint density at radius 3 is 2.50 bits per heavy atom. The average Bonchev–Trinajstić information content (AvgIpc) is 3.08. The molecule has 1 N–H and O–H groups in total. The molecule has 0 radical (unpaired) electrons. The predicted octanol–water partition coefficient (Wildman–Crippen LogP) is 3.46. The van der Waals surface area contributed by atoms with Gasteiger partial charge in [-0.25, -0.2) is 0 Å². The lowest BCUT2D eigenvalue weighted by Crippen LogP contribution is -2.39. The Hall–Kier alpha value is -2.63. The molecule has 0 aliphatic heterocycles. The van der Waals surface area contributed by atoms with E-state index in [4.69, 9.17) is 14.5 Å². The minimum Gasteiger partial charge on any atom is -0.490 e. The van der Waals surface area contributed by atoms with Gasteiger partial charge in [-0.15, -0.1) is 0 Å². The van der Waals surface area contributed by atoms with Gasteiger partial charge in [0.15, 0.2) is 17.5 Å². The van der Waals surface area contributed by atoms with E-state index in [1.54, 1.807) is 0 Å². The molecule has 2 rings (SSSR count). The van der Waals surface area contributed by atoms with Gasteiger partial charge in [0.25, 0.3) is 0 Å². The zero-order valence-electron chi connectivity index (χ0n) is 17.9. The molecule has 0 unspecified atom stereocenters. The second kappa shape index (κ2) is 11.3. The fourth-order valence-corrected chi connectivity index (χ4v) is 2.99. The third kappa shape index (κ3) is 6.22. The molecule has 1 aromatic carbocycles. The number of aryl methyl sites for hydroxylation is 1. The highest BCUT2D eigenvalue weighted by atomic mass is 16.5. The van der Waals surface area contributed by atoms with Crippen molar-refractivity contribution in [1.82, 2.24) is 14.8 Å². The van der Waals surface area contributed by atoms with Crippen molar-refractivity contribution in [2.75, 3.05) is 33.4 Å². The number of hydrogen-bond donors (Lipinski definition) is 1. The number of benzene rings is 1. The zero-order chi connectivity index (χ0) is 20.4. The summed E-state index contributed by atoms with van der Waals surface area (Å²) < 4.78 is 13.5. The van der Waals surface area contributed by atoms with E-state index in [9.17, 15) is 0 Å². The fraction of sp³-hybridized carbons (Fsp3) is 0.500. The molecule has 28 heavy (non-hydrogen) atoms. The van der Waals surface area contributed by atoms with Crippen LogP contribution in [-0.4, -0.2) is 48.8 Å². The Bertz CT molecular complexity index is 755. The summed E-state index contributed by atoms with van der Waals surface area (Å²) in [4.78, 5) is 6.96. The molecular formula is C22H34N4O2. The van der Waals surface area contributed by atoms with Crippen LogP contribution in [0.15, 0.2) is 41.5 Å². The minimum atomic E-state index is 0.621. The Kier molecular flexibility index (Phi) is 8.72. The van der Waals surface area contributed by atoms with Gasteiger partial charge in [-0.05, 0) is 57.0 Å². The molecule has 0 aliphatic rings. The van der Waals surface area contributed by atoms with Crippen LogP contribution in [-0.2, 0) is 20.0 Å². The SMILES string of the molecule is CCNC(=NCCc1ccc(OCC)c(OCC)c1)N(C)Cc1cccn1C. The van der Waals surface area contributed by atoms with E-state index in [0.717, 1.165) is 37.0 Å². The van der Waals surface area contributed by atoms with Crippen LogP contribution in [0, 0.1) is 0 Å². The Balaban J connectivity index is 2.02. The highest BCUT2D eigenvalue weighted by molar-refractivity contribution is 5.79.